The van der Waals surface area contributed by atoms with Crippen molar-refractivity contribution in [3.8, 4) is 17.2 Å². The Labute approximate surface area is 378 Å². The van der Waals surface area contributed by atoms with Crippen LogP contribution < -0.4 is 10.1 Å². The number of anilines is 1. The van der Waals surface area contributed by atoms with E-state index in [0.717, 1.165) is 11.1 Å². The largest absolute Gasteiger partial charge is 0.507 e. The van der Waals surface area contributed by atoms with Crippen LogP contribution in [-0.2, 0) is 28.6 Å². The maximum atomic E-state index is 14.6. The average Bonchev–Trinajstić information content (AvgIpc) is 3.56. The van der Waals surface area contributed by atoms with Crippen LogP contribution in [0, 0.1) is 30.6 Å². The molecule has 4 aromatic carbocycles. The molecule has 0 aromatic heterocycles. The summed E-state index contributed by atoms with van der Waals surface area (Å²) in [6, 6.07) is 20.4. The Balaban J connectivity index is 1.50. The molecule has 4 aromatic rings. The van der Waals surface area contributed by atoms with Gasteiger partial charge >= 0.3 is 11.8 Å². The smallest absolute Gasteiger partial charge is 0.312 e. The maximum absolute atomic E-state index is 14.6. The van der Waals surface area contributed by atoms with E-state index in [0.29, 0.717) is 0 Å². The van der Waals surface area contributed by atoms with E-state index in [-0.39, 0.29) is 44.5 Å². The van der Waals surface area contributed by atoms with Gasteiger partial charge < -0.3 is 49.5 Å². The van der Waals surface area contributed by atoms with Gasteiger partial charge in [-0.2, -0.15) is 0 Å². The molecule has 5 bridgehead atoms. The van der Waals surface area contributed by atoms with Gasteiger partial charge in [-0.15, -0.1) is 0 Å². The Hall–Kier alpha value is -6.48. The SMILES string of the molecule is COC1/C=C/OC2(C)Oc3c(C)c(O)c4c(O)c(c(/C=N/OC(c5ccccc5)c5ccccc5)cc4c3C2=O)NC(=O)/C(C)=C\C=C\C(C)C(O)C(C)C(O)C(C)C(OC(C)=O)C1C. The van der Waals surface area contributed by atoms with Crippen LogP contribution >= 0.6 is 0 Å². The van der Waals surface area contributed by atoms with E-state index in [2.05, 4.69) is 10.5 Å². The van der Waals surface area contributed by atoms with E-state index < -0.39 is 89.1 Å². The average molecular weight is 891 g/mol. The number of aliphatic hydroxyl groups excluding tert-OH is 2. The Morgan fingerprint density at radius 3 is 2.12 bits per heavy atom. The van der Waals surface area contributed by atoms with Crippen molar-refractivity contribution in [3.63, 3.8) is 0 Å². The molecule has 0 spiro atoms. The third kappa shape index (κ3) is 9.95. The number of rotatable bonds is 7. The monoisotopic (exact) mass is 890 g/mol. The normalized spacial score (nSPS) is 28.3. The third-order valence-corrected chi connectivity index (χ3v) is 12.5. The molecule has 0 fully saturated rings. The van der Waals surface area contributed by atoms with Gasteiger partial charge in [-0.1, -0.05) is 112 Å². The number of phenolic OH excluding ortho intramolecular Hbond substituents is 2. The molecule has 1 amide bonds. The van der Waals surface area contributed by atoms with E-state index in [1.807, 2.05) is 60.7 Å². The second kappa shape index (κ2) is 20.1. The molecule has 3 heterocycles. The number of aromatic hydroxyl groups is 2. The lowest BCUT2D eigenvalue weighted by molar-refractivity contribution is -0.160. The summed E-state index contributed by atoms with van der Waals surface area (Å²) < 4.78 is 23.8. The standard InChI is InChI=1S/C51H58N2O12/c1-27-17-16-18-28(2)50(60)53-41-36(26-52-65-48(34-19-12-10-13-20-34)35-21-14-11-15-22-35)25-37-39(45(41)58)44(57)32(6)47-40(37)49(59)51(8,64-47)62-24-23-38(61-9)29(3)46(63-33(7)54)31(5)43(56)30(4)42(27)55/h10-27,29-31,38,42-43,46,48,55-58H,1-9H3,(H,53,60)/b17-16+,24-23+,28-18-,52-26+. The molecule has 9 atom stereocenters. The Morgan fingerprint density at radius 2 is 1.52 bits per heavy atom. The Bertz CT molecular complexity index is 2480. The van der Waals surface area contributed by atoms with Crippen LogP contribution in [0.2, 0.25) is 0 Å². The van der Waals surface area contributed by atoms with Crippen LogP contribution in [0.5, 0.6) is 17.2 Å². The van der Waals surface area contributed by atoms with Crippen molar-refractivity contribution in [2.24, 2.45) is 28.8 Å². The van der Waals surface area contributed by atoms with Gasteiger partial charge in [0.05, 0.1) is 47.4 Å². The van der Waals surface area contributed by atoms with E-state index in [1.165, 1.54) is 58.6 Å². The predicted molar refractivity (Wildman–Crippen MR) is 246 cm³/mol. The molecule has 344 valence electrons. The van der Waals surface area contributed by atoms with Gasteiger partial charge in [-0.3, -0.25) is 14.4 Å². The number of phenols is 2. The lowest BCUT2D eigenvalue weighted by Gasteiger charge is -2.38. The van der Waals surface area contributed by atoms with Crippen molar-refractivity contribution in [2.45, 2.75) is 91.7 Å². The summed E-state index contributed by atoms with van der Waals surface area (Å²) in [7, 11) is 1.45. The number of amides is 1. The minimum absolute atomic E-state index is 0.00289. The van der Waals surface area contributed by atoms with E-state index in [4.69, 9.17) is 23.8 Å². The molecule has 0 aliphatic carbocycles. The Kier molecular flexibility index (Phi) is 14.9. The van der Waals surface area contributed by atoms with Gasteiger partial charge in [0.1, 0.15) is 17.6 Å². The number of hydrogen-bond donors (Lipinski definition) is 5. The second-order valence-corrected chi connectivity index (χ2v) is 17.0. The number of carbonyl (C=O) groups is 3. The number of fused-ring (bicyclic) bond motifs is 14. The topological polar surface area (TPSA) is 203 Å². The Morgan fingerprint density at radius 1 is 0.892 bits per heavy atom. The van der Waals surface area contributed by atoms with E-state index >= 15 is 0 Å². The summed E-state index contributed by atoms with van der Waals surface area (Å²) in [5, 5.41) is 53.8. The van der Waals surface area contributed by atoms with Crippen LogP contribution in [0.25, 0.3) is 10.8 Å². The molecular formula is C51H58N2O12. The van der Waals surface area contributed by atoms with Crippen LogP contribution in [0.3, 0.4) is 0 Å². The number of allylic oxidation sites excluding steroid dienone is 2. The van der Waals surface area contributed by atoms with Crippen LogP contribution in [-0.4, -0.2) is 81.6 Å². The quantitative estimate of drug-likeness (QED) is 0.0516. The highest BCUT2D eigenvalue weighted by Crippen LogP contribution is 2.51. The first-order valence-electron chi connectivity index (χ1n) is 21.5. The number of esters is 1. The highest BCUT2D eigenvalue weighted by Gasteiger charge is 2.49. The van der Waals surface area contributed by atoms with Crippen LogP contribution in [0.4, 0.5) is 5.69 Å². The fraction of sp³-hybridized carbons (Fsp3) is 0.373. The summed E-state index contributed by atoms with van der Waals surface area (Å²) in [5.41, 5.74) is 1.93. The molecule has 14 heteroatoms. The molecule has 9 unspecified atom stereocenters. The van der Waals surface area contributed by atoms with Crippen molar-refractivity contribution in [3.05, 3.63) is 131 Å². The van der Waals surface area contributed by atoms with Gasteiger partial charge in [0.2, 0.25) is 0 Å². The molecule has 3 aliphatic rings. The van der Waals surface area contributed by atoms with E-state index in [1.54, 1.807) is 46.8 Å². The number of aliphatic hydroxyl groups is 2. The zero-order valence-electron chi connectivity index (χ0n) is 38.0. The first-order chi connectivity index (χ1) is 30.9. The molecule has 3 aliphatic heterocycles. The summed E-state index contributed by atoms with van der Waals surface area (Å²) >= 11 is 0. The van der Waals surface area contributed by atoms with Crippen molar-refractivity contribution < 1.29 is 58.6 Å². The number of nitrogens with one attached hydrogen (secondary N) is 1. The number of hydrogen-bond acceptors (Lipinski definition) is 13. The zero-order chi connectivity index (χ0) is 47.3. The number of carbonyl (C=O) groups excluding carboxylic acids is 3. The number of ether oxygens (including phenoxy) is 4. The summed E-state index contributed by atoms with van der Waals surface area (Å²) in [4.78, 5) is 47.0. The molecule has 5 N–H and O–H groups in total. The predicted octanol–water partition coefficient (Wildman–Crippen LogP) is 8.19. The van der Waals surface area contributed by atoms with Gasteiger partial charge in [-0.25, -0.2) is 0 Å². The second-order valence-electron chi connectivity index (χ2n) is 17.0. The lowest BCUT2D eigenvalue weighted by Crippen LogP contribution is -2.46. The number of oxime groups is 1. The highest BCUT2D eigenvalue weighted by molar-refractivity contribution is 6.21. The van der Waals surface area contributed by atoms with E-state index in [9.17, 15) is 34.8 Å². The van der Waals surface area contributed by atoms with Crippen molar-refractivity contribution in [2.75, 3.05) is 12.4 Å². The summed E-state index contributed by atoms with van der Waals surface area (Å²) in [6.07, 6.45) is 4.40. The summed E-state index contributed by atoms with van der Waals surface area (Å²) in [6.45, 7) is 12.7. The third-order valence-electron chi connectivity index (χ3n) is 12.5. The molecule has 7 rings (SSSR count). The van der Waals surface area contributed by atoms with Gasteiger partial charge in [0.25, 0.3) is 11.7 Å². The first kappa shape index (κ1) is 48.0. The van der Waals surface area contributed by atoms with Gasteiger partial charge in [0.15, 0.2) is 11.9 Å². The van der Waals surface area contributed by atoms with Gasteiger partial charge in [-0.05, 0) is 37.1 Å². The molecule has 0 saturated carbocycles. The number of benzene rings is 4. The molecule has 0 saturated heterocycles. The number of Topliss-reactive ketones (excluding diaryl/α,β-unsaturated/α-hetero) is 1. The van der Waals surface area contributed by atoms with Crippen molar-refractivity contribution in [1.82, 2.24) is 0 Å². The van der Waals surface area contributed by atoms with Crippen LogP contribution in [0.1, 0.15) is 87.2 Å². The molecule has 0 radical (unpaired) electrons. The fourth-order valence-corrected chi connectivity index (χ4v) is 8.50. The molecular weight excluding hydrogens is 833 g/mol. The van der Waals surface area contributed by atoms with Crippen molar-refractivity contribution >= 4 is 40.3 Å². The van der Waals surface area contributed by atoms with Gasteiger partial charge in [0, 0.05) is 66.7 Å². The fourth-order valence-electron chi connectivity index (χ4n) is 8.50. The first-order valence-corrected chi connectivity index (χ1v) is 21.5. The summed E-state index contributed by atoms with van der Waals surface area (Å²) in [5.74, 6) is -7.23. The van der Waals surface area contributed by atoms with Crippen LogP contribution in [0.15, 0.2) is 108 Å². The number of methoxy groups -OCH3 is 1. The van der Waals surface area contributed by atoms with Crippen molar-refractivity contribution in [1.29, 1.82) is 0 Å². The molecule has 14 nitrogen and oxygen atoms in total. The minimum atomic E-state index is -1.98. The number of nitrogens with zero attached hydrogens (tertiary/aromatic N) is 1. The lowest BCUT2D eigenvalue weighted by atomic mass is 9.78. The highest BCUT2D eigenvalue weighted by atomic mass is 16.7. The minimum Gasteiger partial charge on any atom is -0.507 e. The zero-order valence-corrected chi connectivity index (χ0v) is 38.0. The molecule has 65 heavy (non-hydrogen) atoms. The maximum Gasteiger partial charge on any atom is 0.312 e. The number of ketones is 1.